The predicted molar refractivity (Wildman–Crippen MR) is 58.4 cm³/mol. The third kappa shape index (κ3) is 4.64. The second-order valence-corrected chi connectivity index (χ2v) is 3.48. The number of imidazole rings is 1. The Balaban J connectivity index is 2.49. The zero-order valence-electron chi connectivity index (χ0n) is 9.47. The Morgan fingerprint density at radius 2 is 2.41 bits per heavy atom. The third-order valence-electron chi connectivity index (χ3n) is 2.15. The van der Waals surface area contributed by atoms with Crippen LogP contribution in [0.25, 0.3) is 0 Å². The number of aliphatic carboxylic acids is 1. The van der Waals surface area contributed by atoms with Crippen LogP contribution in [-0.4, -0.2) is 46.7 Å². The summed E-state index contributed by atoms with van der Waals surface area (Å²) in [6.45, 7) is 0.266. The second kappa shape index (κ2) is 6.64. The number of hydrogen-bond acceptors (Lipinski definition) is 4. The number of amides is 1. The Bertz CT molecular complexity index is 364. The van der Waals surface area contributed by atoms with Crippen LogP contribution in [0.15, 0.2) is 12.5 Å². The van der Waals surface area contributed by atoms with E-state index in [1.54, 1.807) is 0 Å². The van der Waals surface area contributed by atoms with Crippen LogP contribution in [0.4, 0.5) is 0 Å². The summed E-state index contributed by atoms with van der Waals surface area (Å²) in [6.07, 6.45) is 3.30. The standard InChI is InChI=1S/C10H15N3O4/c1-17-3-2-9(14)13-8(10(15)16)4-7-5-11-6-12-7/h5-6,8H,2-4H2,1H3,(H,11,12)(H,13,14)(H,15,16)/t8-/m1/s1. The summed E-state index contributed by atoms with van der Waals surface area (Å²) in [7, 11) is 1.48. The molecule has 0 saturated carbocycles. The van der Waals surface area contributed by atoms with Gasteiger partial charge in [-0.1, -0.05) is 0 Å². The molecule has 1 aromatic rings. The monoisotopic (exact) mass is 241 g/mol. The number of aromatic nitrogens is 2. The summed E-state index contributed by atoms with van der Waals surface area (Å²) < 4.78 is 4.74. The third-order valence-corrected chi connectivity index (χ3v) is 2.15. The molecule has 1 amide bonds. The number of carbonyl (C=O) groups excluding carboxylic acids is 1. The molecular weight excluding hydrogens is 226 g/mol. The molecule has 1 rings (SSSR count). The lowest BCUT2D eigenvalue weighted by atomic mass is 10.1. The van der Waals surface area contributed by atoms with Gasteiger partial charge in [-0.05, 0) is 0 Å². The van der Waals surface area contributed by atoms with Crippen molar-refractivity contribution < 1.29 is 19.4 Å². The molecule has 0 aliphatic carbocycles. The second-order valence-electron chi connectivity index (χ2n) is 3.48. The van der Waals surface area contributed by atoms with Crippen LogP contribution in [0.2, 0.25) is 0 Å². The average molecular weight is 241 g/mol. The molecule has 3 N–H and O–H groups in total. The molecule has 94 valence electrons. The molecule has 7 heteroatoms. The van der Waals surface area contributed by atoms with E-state index in [1.165, 1.54) is 19.6 Å². The SMILES string of the molecule is COCCC(=O)N[C@H](Cc1cnc[nH]1)C(=O)O. The van der Waals surface area contributed by atoms with Crippen LogP contribution in [0.5, 0.6) is 0 Å². The zero-order valence-corrected chi connectivity index (χ0v) is 9.47. The van der Waals surface area contributed by atoms with Crippen LogP contribution in [0, 0.1) is 0 Å². The van der Waals surface area contributed by atoms with Crippen LogP contribution in [0.3, 0.4) is 0 Å². The van der Waals surface area contributed by atoms with Gasteiger partial charge in [0, 0.05) is 31.8 Å². The van der Waals surface area contributed by atoms with E-state index in [4.69, 9.17) is 9.84 Å². The fraction of sp³-hybridized carbons (Fsp3) is 0.500. The Hall–Kier alpha value is -1.89. The number of aromatic amines is 1. The van der Waals surface area contributed by atoms with Crippen LogP contribution < -0.4 is 5.32 Å². The highest BCUT2D eigenvalue weighted by Crippen LogP contribution is 1.99. The maximum atomic E-state index is 11.4. The van der Waals surface area contributed by atoms with Gasteiger partial charge in [0.25, 0.3) is 0 Å². The first-order chi connectivity index (χ1) is 8.13. The van der Waals surface area contributed by atoms with Crippen molar-refractivity contribution >= 4 is 11.9 Å². The lowest BCUT2D eigenvalue weighted by molar-refractivity contribution is -0.141. The highest BCUT2D eigenvalue weighted by molar-refractivity contribution is 5.83. The van der Waals surface area contributed by atoms with Gasteiger partial charge < -0.3 is 20.1 Å². The highest BCUT2D eigenvalue weighted by atomic mass is 16.5. The molecule has 0 aliphatic heterocycles. The molecule has 7 nitrogen and oxygen atoms in total. The Labute approximate surface area is 98.2 Å². The van der Waals surface area contributed by atoms with E-state index in [-0.39, 0.29) is 25.4 Å². The van der Waals surface area contributed by atoms with Gasteiger partial charge >= 0.3 is 5.97 Å². The smallest absolute Gasteiger partial charge is 0.326 e. The van der Waals surface area contributed by atoms with Crippen molar-refractivity contribution in [2.75, 3.05) is 13.7 Å². The molecule has 17 heavy (non-hydrogen) atoms. The number of carboxylic acid groups (broad SMARTS) is 1. The quantitative estimate of drug-likeness (QED) is 0.600. The number of nitrogens with zero attached hydrogens (tertiary/aromatic N) is 1. The summed E-state index contributed by atoms with van der Waals surface area (Å²) >= 11 is 0. The fourth-order valence-corrected chi connectivity index (χ4v) is 1.28. The lowest BCUT2D eigenvalue weighted by Gasteiger charge is -2.13. The van der Waals surface area contributed by atoms with Crippen molar-refractivity contribution in [3.8, 4) is 0 Å². The molecule has 0 bridgehead atoms. The number of H-pyrrole nitrogens is 1. The highest BCUT2D eigenvalue weighted by Gasteiger charge is 2.20. The van der Waals surface area contributed by atoms with Gasteiger partial charge in [-0.25, -0.2) is 9.78 Å². The number of carboxylic acids is 1. The molecule has 1 atom stereocenters. The van der Waals surface area contributed by atoms with Crippen molar-refractivity contribution in [2.24, 2.45) is 0 Å². The van der Waals surface area contributed by atoms with Crippen molar-refractivity contribution in [1.82, 2.24) is 15.3 Å². The maximum absolute atomic E-state index is 11.4. The maximum Gasteiger partial charge on any atom is 0.326 e. The van der Waals surface area contributed by atoms with Gasteiger partial charge in [-0.2, -0.15) is 0 Å². The molecule has 1 heterocycles. The minimum atomic E-state index is -1.08. The number of hydrogen-bond donors (Lipinski definition) is 3. The number of ether oxygens (including phenoxy) is 1. The summed E-state index contributed by atoms with van der Waals surface area (Å²) in [6, 6.07) is -0.959. The molecule has 0 aliphatic rings. The van der Waals surface area contributed by atoms with Crippen molar-refractivity contribution in [3.05, 3.63) is 18.2 Å². The summed E-state index contributed by atoms with van der Waals surface area (Å²) in [4.78, 5) is 28.9. The van der Waals surface area contributed by atoms with Gasteiger partial charge in [0.05, 0.1) is 12.9 Å². The summed E-state index contributed by atoms with van der Waals surface area (Å²) in [5.74, 6) is -1.43. The van der Waals surface area contributed by atoms with Gasteiger partial charge in [0.1, 0.15) is 6.04 Å². The molecule has 0 saturated heterocycles. The van der Waals surface area contributed by atoms with E-state index in [2.05, 4.69) is 15.3 Å². The normalized spacial score (nSPS) is 12.1. The Morgan fingerprint density at radius 1 is 1.65 bits per heavy atom. The van der Waals surface area contributed by atoms with E-state index in [0.29, 0.717) is 5.69 Å². The number of rotatable bonds is 7. The number of carbonyl (C=O) groups is 2. The predicted octanol–water partition coefficient (Wildman–Crippen LogP) is -0.442. The molecule has 0 aromatic carbocycles. The first kappa shape index (κ1) is 13.2. The molecule has 0 fully saturated rings. The zero-order chi connectivity index (χ0) is 12.7. The van der Waals surface area contributed by atoms with E-state index >= 15 is 0 Å². The lowest BCUT2D eigenvalue weighted by Crippen LogP contribution is -2.42. The van der Waals surface area contributed by atoms with Gasteiger partial charge in [-0.3, -0.25) is 4.79 Å². The Morgan fingerprint density at radius 3 is 2.94 bits per heavy atom. The minimum Gasteiger partial charge on any atom is -0.480 e. The van der Waals surface area contributed by atoms with E-state index in [1.807, 2.05) is 0 Å². The van der Waals surface area contributed by atoms with Gasteiger partial charge in [0.15, 0.2) is 0 Å². The Kier molecular flexibility index (Phi) is 5.15. The topological polar surface area (TPSA) is 104 Å². The number of methoxy groups -OCH3 is 1. The molecular formula is C10H15N3O4. The number of nitrogens with one attached hydrogen (secondary N) is 2. The first-order valence-electron chi connectivity index (χ1n) is 5.12. The first-order valence-corrected chi connectivity index (χ1v) is 5.12. The summed E-state index contributed by atoms with van der Waals surface area (Å²) in [5.41, 5.74) is 0.657. The van der Waals surface area contributed by atoms with Crippen LogP contribution in [-0.2, 0) is 20.7 Å². The summed E-state index contributed by atoms with van der Waals surface area (Å²) in [5, 5.41) is 11.4. The van der Waals surface area contributed by atoms with Crippen molar-refractivity contribution in [1.29, 1.82) is 0 Å². The van der Waals surface area contributed by atoms with Crippen molar-refractivity contribution in [2.45, 2.75) is 18.9 Å². The molecule has 0 spiro atoms. The van der Waals surface area contributed by atoms with E-state index < -0.39 is 12.0 Å². The van der Waals surface area contributed by atoms with Gasteiger partial charge in [-0.15, -0.1) is 0 Å². The molecule has 0 unspecified atom stereocenters. The minimum absolute atomic E-state index is 0.142. The molecule has 0 radical (unpaired) electrons. The van der Waals surface area contributed by atoms with Crippen LogP contribution in [0.1, 0.15) is 12.1 Å². The fourth-order valence-electron chi connectivity index (χ4n) is 1.28. The van der Waals surface area contributed by atoms with Crippen LogP contribution >= 0.6 is 0 Å². The van der Waals surface area contributed by atoms with E-state index in [0.717, 1.165) is 0 Å². The average Bonchev–Trinajstić information content (AvgIpc) is 2.78. The largest absolute Gasteiger partial charge is 0.480 e. The van der Waals surface area contributed by atoms with Crippen molar-refractivity contribution in [3.63, 3.8) is 0 Å². The van der Waals surface area contributed by atoms with E-state index in [9.17, 15) is 9.59 Å². The van der Waals surface area contributed by atoms with Gasteiger partial charge in [0.2, 0.25) is 5.91 Å². The molecule has 1 aromatic heterocycles.